The first-order valence-corrected chi connectivity index (χ1v) is 7.52. The van der Waals surface area contributed by atoms with Gasteiger partial charge in [0.25, 0.3) is 5.91 Å². The highest BCUT2D eigenvalue weighted by Crippen LogP contribution is 2.21. The summed E-state index contributed by atoms with van der Waals surface area (Å²) < 4.78 is 0. The number of hydrogen-bond donors (Lipinski definition) is 1. The molecule has 19 heavy (non-hydrogen) atoms. The van der Waals surface area contributed by atoms with Crippen molar-refractivity contribution >= 4 is 30.1 Å². The second-order valence-corrected chi connectivity index (χ2v) is 5.61. The Labute approximate surface area is 125 Å². The molecule has 5 heteroatoms. The molecule has 0 radical (unpaired) electrons. The van der Waals surface area contributed by atoms with Crippen LogP contribution < -0.4 is 5.32 Å². The quantitative estimate of drug-likeness (QED) is 0.852. The third-order valence-electron chi connectivity index (χ3n) is 3.44. The van der Waals surface area contributed by atoms with Gasteiger partial charge in [0.2, 0.25) is 0 Å². The lowest BCUT2D eigenvalue weighted by Crippen LogP contribution is -2.52. The Hall–Kier alpha value is -0.710. The highest BCUT2D eigenvalue weighted by Gasteiger charge is 2.25. The minimum atomic E-state index is 0. The van der Waals surface area contributed by atoms with Gasteiger partial charge in [-0.15, -0.1) is 24.2 Å². The van der Waals surface area contributed by atoms with E-state index in [2.05, 4.69) is 18.3 Å². The van der Waals surface area contributed by atoms with Gasteiger partial charge in [0.1, 0.15) is 0 Å². The van der Waals surface area contributed by atoms with Gasteiger partial charge in [-0.1, -0.05) is 6.07 Å². The third kappa shape index (κ3) is 3.65. The molecular weight excluding hydrogens is 280 g/mol. The fourth-order valence-corrected chi connectivity index (χ4v) is 2.70. The fraction of sp³-hybridized carbons (Fsp3) is 0.500. The van der Waals surface area contributed by atoms with Crippen LogP contribution in [0.1, 0.15) is 22.8 Å². The third-order valence-corrected chi connectivity index (χ3v) is 4.16. The SMILES string of the molecule is CSc1ccc(C)c(C(=O)N2CCNC[C@H]2C)c1.Cl. The molecule has 2 rings (SSSR count). The maximum absolute atomic E-state index is 12.6. The number of halogens is 1. The summed E-state index contributed by atoms with van der Waals surface area (Å²) >= 11 is 1.67. The van der Waals surface area contributed by atoms with E-state index in [1.165, 1.54) is 0 Å². The van der Waals surface area contributed by atoms with Crippen LogP contribution in [0.3, 0.4) is 0 Å². The van der Waals surface area contributed by atoms with Crippen LogP contribution in [0.4, 0.5) is 0 Å². The van der Waals surface area contributed by atoms with Crippen LogP contribution in [0.5, 0.6) is 0 Å². The molecule has 0 bridgehead atoms. The number of amides is 1. The van der Waals surface area contributed by atoms with E-state index in [0.29, 0.717) is 0 Å². The molecule has 3 nitrogen and oxygen atoms in total. The van der Waals surface area contributed by atoms with Crippen LogP contribution >= 0.6 is 24.2 Å². The number of hydrogen-bond acceptors (Lipinski definition) is 3. The molecule has 1 amide bonds. The molecular formula is C14H21ClN2OS. The molecule has 1 aromatic rings. The lowest BCUT2D eigenvalue weighted by molar-refractivity contribution is 0.0655. The summed E-state index contributed by atoms with van der Waals surface area (Å²) in [4.78, 5) is 15.7. The smallest absolute Gasteiger partial charge is 0.254 e. The van der Waals surface area contributed by atoms with Crippen LogP contribution in [0.2, 0.25) is 0 Å². The minimum Gasteiger partial charge on any atom is -0.333 e. The number of thioether (sulfide) groups is 1. The maximum Gasteiger partial charge on any atom is 0.254 e. The molecule has 0 aliphatic carbocycles. The molecule has 1 aliphatic heterocycles. The molecule has 1 atom stereocenters. The number of piperazine rings is 1. The van der Waals surface area contributed by atoms with E-state index in [9.17, 15) is 4.79 Å². The number of carbonyl (C=O) groups is 1. The van der Waals surface area contributed by atoms with Gasteiger partial charge in [-0.2, -0.15) is 0 Å². The van der Waals surface area contributed by atoms with Crippen molar-refractivity contribution in [1.82, 2.24) is 10.2 Å². The molecule has 106 valence electrons. The molecule has 1 saturated heterocycles. The molecule has 0 aromatic heterocycles. The predicted molar refractivity (Wildman–Crippen MR) is 83.6 cm³/mol. The van der Waals surface area contributed by atoms with Crippen LogP contribution in [-0.4, -0.2) is 42.7 Å². The summed E-state index contributed by atoms with van der Waals surface area (Å²) in [5.74, 6) is 0.164. The van der Waals surface area contributed by atoms with Crippen LogP contribution in [0.25, 0.3) is 0 Å². The number of benzene rings is 1. The number of nitrogens with zero attached hydrogens (tertiary/aromatic N) is 1. The number of rotatable bonds is 2. The summed E-state index contributed by atoms with van der Waals surface area (Å²) in [5.41, 5.74) is 1.90. The van der Waals surface area contributed by atoms with Gasteiger partial charge >= 0.3 is 0 Å². The lowest BCUT2D eigenvalue weighted by Gasteiger charge is -2.34. The van der Waals surface area contributed by atoms with Crippen molar-refractivity contribution in [3.05, 3.63) is 29.3 Å². The average molecular weight is 301 g/mol. The van der Waals surface area contributed by atoms with E-state index in [0.717, 1.165) is 35.7 Å². The normalized spacial score (nSPS) is 18.9. The van der Waals surface area contributed by atoms with Gasteiger partial charge in [-0.25, -0.2) is 0 Å². The molecule has 1 N–H and O–H groups in total. The van der Waals surface area contributed by atoms with Crippen LogP contribution in [0.15, 0.2) is 23.1 Å². The highest BCUT2D eigenvalue weighted by atomic mass is 35.5. The summed E-state index contributed by atoms with van der Waals surface area (Å²) in [7, 11) is 0. The molecule has 0 spiro atoms. The monoisotopic (exact) mass is 300 g/mol. The van der Waals surface area contributed by atoms with E-state index in [-0.39, 0.29) is 24.4 Å². The Morgan fingerprint density at radius 1 is 1.47 bits per heavy atom. The largest absolute Gasteiger partial charge is 0.333 e. The molecule has 1 aromatic carbocycles. The van der Waals surface area contributed by atoms with Gasteiger partial charge < -0.3 is 10.2 Å². The van der Waals surface area contributed by atoms with Crippen molar-refractivity contribution in [2.75, 3.05) is 25.9 Å². The Morgan fingerprint density at radius 2 is 2.21 bits per heavy atom. The van der Waals surface area contributed by atoms with Crippen molar-refractivity contribution in [3.63, 3.8) is 0 Å². The summed E-state index contributed by atoms with van der Waals surface area (Å²) in [5, 5.41) is 3.31. The number of carbonyl (C=O) groups excluding carboxylic acids is 1. The van der Waals surface area contributed by atoms with Crippen LogP contribution in [0, 0.1) is 6.92 Å². The van der Waals surface area contributed by atoms with Crippen molar-refractivity contribution in [3.8, 4) is 0 Å². The molecule has 0 unspecified atom stereocenters. The zero-order valence-corrected chi connectivity index (χ0v) is 13.2. The Bertz CT molecular complexity index is 453. The van der Waals surface area contributed by atoms with Gasteiger partial charge in [0, 0.05) is 36.1 Å². The van der Waals surface area contributed by atoms with E-state index in [1.54, 1.807) is 11.8 Å². The van der Waals surface area contributed by atoms with Crippen molar-refractivity contribution in [2.45, 2.75) is 24.8 Å². The Kier molecular flexibility index (Phi) is 6.17. The molecule has 1 heterocycles. The van der Waals surface area contributed by atoms with Gasteiger partial charge in [-0.05, 0) is 37.8 Å². The van der Waals surface area contributed by atoms with Gasteiger partial charge in [-0.3, -0.25) is 4.79 Å². The Morgan fingerprint density at radius 3 is 2.84 bits per heavy atom. The van der Waals surface area contributed by atoms with E-state index >= 15 is 0 Å². The zero-order valence-electron chi connectivity index (χ0n) is 11.6. The first kappa shape index (κ1) is 16.3. The van der Waals surface area contributed by atoms with E-state index < -0.39 is 0 Å². The zero-order chi connectivity index (χ0) is 13.1. The summed E-state index contributed by atoms with van der Waals surface area (Å²) in [6.45, 7) is 6.66. The molecule has 0 saturated carbocycles. The predicted octanol–water partition coefficient (Wildman–Crippen LogP) is 2.57. The highest BCUT2D eigenvalue weighted by molar-refractivity contribution is 7.98. The summed E-state index contributed by atoms with van der Waals surface area (Å²) in [6, 6.07) is 6.38. The Balaban J connectivity index is 0.00000180. The summed E-state index contributed by atoms with van der Waals surface area (Å²) in [6.07, 6.45) is 2.03. The molecule has 1 aliphatic rings. The van der Waals surface area contributed by atoms with Gasteiger partial charge in [0.05, 0.1) is 0 Å². The maximum atomic E-state index is 12.6. The van der Waals surface area contributed by atoms with Crippen LogP contribution in [-0.2, 0) is 0 Å². The first-order chi connectivity index (χ1) is 8.63. The topological polar surface area (TPSA) is 32.3 Å². The minimum absolute atomic E-state index is 0. The standard InChI is InChI=1S/C14H20N2OS.ClH/c1-10-4-5-12(18-3)8-13(10)14(17)16-7-6-15-9-11(16)2;/h4-5,8,11,15H,6-7,9H2,1-3H3;1H/t11-;/m1./s1. The van der Waals surface area contributed by atoms with E-state index in [1.807, 2.05) is 30.2 Å². The first-order valence-electron chi connectivity index (χ1n) is 6.30. The average Bonchev–Trinajstić information content (AvgIpc) is 2.39. The van der Waals surface area contributed by atoms with Crippen molar-refractivity contribution in [2.24, 2.45) is 0 Å². The lowest BCUT2D eigenvalue weighted by atomic mass is 10.1. The molecule has 1 fully saturated rings. The van der Waals surface area contributed by atoms with E-state index in [4.69, 9.17) is 0 Å². The fourth-order valence-electron chi connectivity index (χ4n) is 2.26. The van der Waals surface area contributed by atoms with Crippen molar-refractivity contribution in [1.29, 1.82) is 0 Å². The second-order valence-electron chi connectivity index (χ2n) is 4.73. The number of nitrogens with one attached hydrogen (secondary N) is 1. The van der Waals surface area contributed by atoms with Crippen molar-refractivity contribution < 1.29 is 4.79 Å². The second kappa shape index (κ2) is 7.17. The number of aryl methyl sites for hydroxylation is 1. The van der Waals surface area contributed by atoms with Gasteiger partial charge in [0.15, 0.2) is 0 Å².